The third kappa shape index (κ3) is 2.80. The summed E-state index contributed by atoms with van der Waals surface area (Å²) in [7, 11) is 1.71. The third-order valence-corrected chi connectivity index (χ3v) is 4.21. The molecule has 0 radical (unpaired) electrons. The standard InChI is InChI=1S/C19H21NO/c1-21-16-12-17(14-8-4-2-5-9-14)19(20)18(13-16)15-10-6-3-7-11-15/h2-8,10,12-15H,9,11,20H2,1H3. The molecule has 2 aliphatic rings. The molecule has 0 aromatic heterocycles. The summed E-state index contributed by atoms with van der Waals surface area (Å²) in [4.78, 5) is 0. The Labute approximate surface area is 126 Å². The zero-order valence-corrected chi connectivity index (χ0v) is 12.3. The zero-order chi connectivity index (χ0) is 14.7. The summed E-state index contributed by atoms with van der Waals surface area (Å²) in [5, 5.41) is 0. The number of nitrogen functional groups attached to an aromatic ring is 1. The van der Waals surface area contributed by atoms with Crippen LogP contribution in [-0.4, -0.2) is 7.11 Å². The van der Waals surface area contributed by atoms with Gasteiger partial charge in [0.05, 0.1) is 7.11 Å². The van der Waals surface area contributed by atoms with Crippen LogP contribution in [0.15, 0.2) is 60.7 Å². The highest BCUT2D eigenvalue weighted by Crippen LogP contribution is 2.39. The fourth-order valence-electron chi connectivity index (χ4n) is 3.02. The van der Waals surface area contributed by atoms with E-state index in [-0.39, 0.29) is 0 Å². The van der Waals surface area contributed by atoms with Crippen molar-refractivity contribution in [2.24, 2.45) is 0 Å². The van der Waals surface area contributed by atoms with Crippen LogP contribution >= 0.6 is 0 Å². The smallest absolute Gasteiger partial charge is 0.119 e. The number of rotatable bonds is 3. The van der Waals surface area contributed by atoms with Crippen LogP contribution in [0.2, 0.25) is 0 Å². The Morgan fingerprint density at radius 1 is 0.905 bits per heavy atom. The Kier molecular flexibility index (Phi) is 3.96. The number of nitrogens with two attached hydrogens (primary N) is 1. The van der Waals surface area contributed by atoms with E-state index in [0.717, 1.165) is 24.3 Å². The van der Waals surface area contributed by atoms with Crippen LogP contribution in [0.4, 0.5) is 5.69 Å². The lowest BCUT2D eigenvalue weighted by molar-refractivity contribution is 0.413. The first-order valence-corrected chi connectivity index (χ1v) is 7.43. The highest BCUT2D eigenvalue weighted by molar-refractivity contribution is 5.62. The molecule has 0 spiro atoms. The van der Waals surface area contributed by atoms with Crippen molar-refractivity contribution in [2.75, 3.05) is 12.8 Å². The molecular weight excluding hydrogens is 258 g/mol. The molecule has 2 nitrogen and oxygen atoms in total. The van der Waals surface area contributed by atoms with E-state index in [2.05, 4.69) is 60.7 Å². The van der Waals surface area contributed by atoms with Gasteiger partial charge in [0.15, 0.2) is 0 Å². The van der Waals surface area contributed by atoms with Crippen LogP contribution in [-0.2, 0) is 0 Å². The Morgan fingerprint density at radius 3 is 1.81 bits per heavy atom. The van der Waals surface area contributed by atoms with Crippen molar-refractivity contribution in [3.8, 4) is 5.75 Å². The highest BCUT2D eigenvalue weighted by atomic mass is 16.5. The van der Waals surface area contributed by atoms with Gasteiger partial charge in [0.1, 0.15) is 5.75 Å². The molecule has 2 heteroatoms. The van der Waals surface area contributed by atoms with Gasteiger partial charge in [-0.2, -0.15) is 0 Å². The molecule has 2 atom stereocenters. The average molecular weight is 279 g/mol. The predicted molar refractivity (Wildman–Crippen MR) is 88.7 cm³/mol. The van der Waals surface area contributed by atoms with Crippen LogP contribution in [0.1, 0.15) is 35.8 Å². The summed E-state index contributed by atoms with van der Waals surface area (Å²) in [5.41, 5.74) is 9.75. The van der Waals surface area contributed by atoms with E-state index in [1.54, 1.807) is 7.11 Å². The molecule has 0 bridgehead atoms. The first-order valence-electron chi connectivity index (χ1n) is 7.43. The minimum absolute atomic E-state index is 0.340. The fourth-order valence-corrected chi connectivity index (χ4v) is 3.02. The summed E-state index contributed by atoms with van der Waals surface area (Å²) >= 11 is 0. The maximum atomic E-state index is 6.50. The molecule has 21 heavy (non-hydrogen) atoms. The molecule has 0 aliphatic heterocycles. The molecule has 2 aliphatic carbocycles. The number of hydrogen-bond donors (Lipinski definition) is 1. The van der Waals surface area contributed by atoms with Gasteiger partial charge in [0, 0.05) is 17.5 Å². The van der Waals surface area contributed by atoms with Gasteiger partial charge in [-0.05, 0) is 36.1 Å². The number of ether oxygens (including phenoxy) is 1. The van der Waals surface area contributed by atoms with Gasteiger partial charge in [0.2, 0.25) is 0 Å². The Hall–Kier alpha value is -2.22. The third-order valence-electron chi connectivity index (χ3n) is 4.21. The highest BCUT2D eigenvalue weighted by Gasteiger charge is 2.20. The van der Waals surface area contributed by atoms with Gasteiger partial charge in [-0.3, -0.25) is 0 Å². The largest absolute Gasteiger partial charge is 0.497 e. The molecule has 0 saturated heterocycles. The first kappa shape index (κ1) is 13.7. The molecule has 2 unspecified atom stereocenters. The number of allylic oxidation sites excluding steroid dienone is 8. The van der Waals surface area contributed by atoms with Gasteiger partial charge < -0.3 is 10.5 Å². The molecule has 0 heterocycles. The average Bonchev–Trinajstić information content (AvgIpc) is 2.57. The first-order chi connectivity index (χ1) is 10.3. The quantitative estimate of drug-likeness (QED) is 0.828. The second-order valence-corrected chi connectivity index (χ2v) is 5.53. The van der Waals surface area contributed by atoms with Crippen LogP contribution in [0.3, 0.4) is 0 Å². The second-order valence-electron chi connectivity index (χ2n) is 5.53. The SMILES string of the molecule is COc1cc(C2C=CC=CC2)c(N)c(C2C=CC=CC2)c1. The number of benzene rings is 1. The zero-order valence-electron chi connectivity index (χ0n) is 12.3. The van der Waals surface area contributed by atoms with Crippen molar-refractivity contribution >= 4 is 5.69 Å². The number of anilines is 1. The van der Waals surface area contributed by atoms with E-state index in [1.807, 2.05) is 0 Å². The Bertz CT molecular complexity index is 586. The molecule has 0 amide bonds. The molecule has 0 saturated carbocycles. The second kappa shape index (κ2) is 6.04. The summed E-state index contributed by atoms with van der Waals surface area (Å²) in [6.07, 6.45) is 19.1. The topological polar surface area (TPSA) is 35.2 Å². The maximum Gasteiger partial charge on any atom is 0.119 e. The summed E-state index contributed by atoms with van der Waals surface area (Å²) < 4.78 is 5.49. The van der Waals surface area contributed by atoms with E-state index in [4.69, 9.17) is 10.5 Å². The van der Waals surface area contributed by atoms with E-state index in [1.165, 1.54) is 11.1 Å². The summed E-state index contributed by atoms with van der Waals surface area (Å²) in [6.45, 7) is 0. The van der Waals surface area contributed by atoms with Gasteiger partial charge in [-0.1, -0.05) is 48.6 Å². The lowest BCUT2D eigenvalue weighted by atomic mass is 9.84. The molecular formula is C19H21NO. The lowest BCUT2D eigenvalue weighted by Gasteiger charge is -2.23. The van der Waals surface area contributed by atoms with Gasteiger partial charge >= 0.3 is 0 Å². The monoisotopic (exact) mass is 279 g/mol. The molecule has 1 aromatic rings. The van der Waals surface area contributed by atoms with Crippen LogP contribution in [0, 0.1) is 0 Å². The molecule has 2 N–H and O–H groups in total. The molecule has 0 fully saturated rings. The van der Waals surface area contributed by atoms with Crippen molar-refractivity contribution in [3.63, 3.8) is 0 Å². The normalized spacial score (nSPS) is 23.5. The molecule has 108 valence electrons. The minimum atomic E-state index is 0.340. The van der Waals surface area contributed by atoms with Crippen molar-refractivity contribution in [1.29, 1.82) is 0 Å². The van der Waals surface area contributed by atoms with Crippen LogP contribution in [0.5, 0.6) is 5.75 Å². The summed E-state index contributed by atoms with van der Waals surface area (Å²) in [6, 6.07) is 4.16. The molecule has 1 aromatic carbocycles. The number of methoxy groups -OCH3 is 1. The minimum Gasteiger partial charge on any atom is -0.497 e. The van der Waals surface area contributed by atoms with E-state index < -0.39 is 0 Å². The maximum absolute atomic E-state index is 6.50. The van der Waals surface area contributed by atoms with Gasteiger partial charge in [0.25, 0.3) is 0 Å². The Morgan fingerprint density at radius 2 is 1.43 bits per heavy atom. The Balaban J connectivity index is 2.03. The molecule has 3 rings (SSSR count). The van der Waals surface area contributed by atoms with E-state index >= 15 is 0 Å². The van der Waals surface area contributed by atoms with E-state index in [0.29, 0.717) is 11.8 Å². The van der Waals surface area contributed by atoms with Crippen molar-refractivity contribution in [1.82, 2.24) is 0 Å². The van der Waals surface area contributed by atoms with Gasteiger partial charge in [-0.25, -0.2) is 0 Å². The van der Waals surface area contributed by atoms with Crippen LogP contribution in [0.25, 0.3) is 0 Å². The van der Waals surface area contributed by atoms with E-state index in [9.17, 15) is 0 Å². The van der Waals surface area contributed by atoms with Crippen molar-refractivity contribution < 1.29 is 4.74 Å². The fraction of sp³-hybridized carbons (Fsp3) is 0.263. The summed E-state index contributed by atoms with van der Waals surface area (Å²) in [5.74, 6) is 1.57. The van der Waals surface area contributed by atoms with Crippen LogP contribution < -0.4 is 10.5 Å². The predicted octanol–water partition coefficient (Wildman–Crippen LogP) is 4.48. The van der Waals surface area contributed by atoms with Crippen molar-refractivity contribution in [2.45, 2.75) is 24.7 Å². The number of hydrogen-bond acceptors (Lipinski definition) is 2. The van der Waals surface area contributed by atoms with Crippen molar-refractivity contribution in [3.05, 3.63) is 71.9 Å². The lowest BCUT2D eigenvalue weighted by Crippen LogP contribution is -2.08. The van der Waals surface area contributed by atoms with Gasteiger partial charge in [-0.15, -0.1) is 0 Å².